The normalized spacial score (nSPS) is 20.4. The molecule has 2 heterocycles. The Hall–Kier alpha value is -2.25. The van der Waals surface area contributed by atoms with Crippen molar-refractivity contribution in [2.75, 3.05) is 11.9 Å². The van der Waals surface area contributed by atoms with E-state index in [4.69, 9.17) is 17.3 Å². The first-order valence-electron chi connectivity index (χ1n) is 8.79. The number of hydrogen-bond donors (Lipinski definition) is 3. The summed E-state index contributed by atoms with van der Waals surface area (Å²) in [7, 11) is 0. The molecule has 1 fully saturated rings. The topological polar surface area (TPSA) is 92.5 Å². The van der Waals surface area contributed by atoms with Gasteiger partial charge < -0.3 is 11.1 Å². The number of hydrogen-bond acceptors (Lipinski definition) is 5. The Morgan fingerprint density at radius 1 is 1.31 bits per heavy atom. The van der Waals surface area contributed by atoms with Crippen molar-refractivity contribution < 1.29 is 4.39 Å². The Morgan fingerprint density at radius 3 is 3.00 bits per heavy atom. The highest BCUT2D eigenvalue weighted by Gasteiger charge is 2.24. The van der Waals surface area contributed by atoms with Crippen LogP contribution in [0.1, 0.15) is 25.7 Å². The third-order valence-corrected chi connectivity index (χ3v) is 5.32. The molecule has 26 heavy (non-hydrogen) atoms. The van der Waals surface area contributed by atoms with Crippen molar-refractivity contribution in [3.8, 4) is 11.3 Å². The van der Waals surface area contributed by atoms with Crippen molar-refractivity contribution in [3.63, 3.8) is 0 Å². The smallest absolute Gasteiger partial charge is 0.202 e. The molecule has 1 aliphatic carbocycles. The maximum Gasteiger partial charge on any atom is 0.202 e. The number of H-pyrrole nitrogens is 1. The molecular weight excluding hydrogens is 355 g/mol. The van der Waals surface area contributed by atoms with Crippen LogP contribution in [0.15, 0.2) is 24.4 Å². The van der Waals surface area contributed by atoms with E-state index in [9.17, 15) is 4.39 Å². The summed E-state index contributed by atoms with van der Waals surface area (Å²) in [5, 5.41) is 10.5. The van der Waals surface area contributed by atoms with Gasteiger partial charge in [0.15, 0.2) is 5.82 Å². The fourth-order valence-electron chi connectivity index (χ4n) is 3.62. The molecule has 0 unspecified atom stereocenters. The zero-order valence-corrected chi connectivity index (χ0v) is 14.9. The van der Waals surface area contributed by atoms with Gasteiger partial charge in [-0.1, -0.05) is 30.5 Å². The molecule has 6 nitrogen and oxygen atoms in total. The predicted molar refractivity (Wildman–Crippen MR) is 101 cm³/mol. The lowest BCUT2D eigenvalue weighted by atomic mass is 9.84. The molecule has 2 aromatic heterocycles. The van der Waals surface area contributed by atoms with Gasteiger partial charge in [-0.2, -0.15) is 5.10 Å². The van der Waals surface area contributed by atoms with E-state index < -0.39 is 5.82 Å². The van der Waals surface area contributed by atoms with Crippen LogP contribution in [0.25, 0.3) is 22.4 Å². The number of fused-ring (bicyclic) bond motifs is 1. The van der Waals surface area contributed by atoms with Gasteiger partial charge in [-0.25, -0.2) is 14.4 Å². The molecule has 4 rings (SSSR count). The third kappa shape index (κ3) is 3.12. The van der Waals surface area contributed by atoms with E-state index in [0.29, 0.717) is 46.7 Å². The Balaban J connectivity index is 1.64. The second kappa shape index (κ2) is 7.17. The largest absolute Gasteiger partial charge is 0.366 e. The highest BCUT2D eigenvalue weighted by molar-refractivity contribution is 6.31. The van der Waals surface area contributed by atoms with E-state index in [0.717, 1.165) is 12.8 Å². The fraction of sp³-hybridized carbons (Fsp3) is 0.389. The van der Waals surface area contributed by atoms with Gasteiger partial charge in [0.25, 0.3) is 0 Å². The fourth-order valence-corrected chi connectivity index (χ4v) is 3.79. The molecule has 4 N–H and O–H groups in total. The minimum absolute atomic E-state index is 0.0571. The first kappa shape index (κ1) is 17.2. The van der Waals surface area contributed by atoms with Crippen molar-refractivity contribution >= 4 is 28.6 Å². The maximum atomic E-state index is 14.3. The number of aromatic amines is 1. The molecule has 0 aliphatic heterocycles. The molecule has 2 atom stereocenters. The van der Waals surface area contributed by atoms with E-state index >= 15 is 0 Å². The lowest BCUT2D eigenvalue weighted by molar-refractivity contribution is 0.332. The summed E-state index contributed by atoms with van der Waals surface area (Å²) < 4.78 is 14.3. The first-order valence-corrected chi connectivity index (χ1v) is 9.17. The summed E-state index contributed by atoms with van der Waals surface area (Å²) in [4.78, 5) is 8.97. The average molecular weight is 375 g/mol. The van der Waals surface area contributed by atoms with Crippen LogP contribution in [0.3, 0.4) is 0 Å². The number of halogens is 2. The molecule has 136 valence electrons. The molecule has 8 heteroatoms. The summed E-state index contributed by atoms with van der Waals surface area (Å²) in [5.41, 5.74) is 7.63. The summed E-state index contributed by atoms with van der Waals surface area (Å²) in [5.74, 6) is 0.598. The van der Waals surface area contributed by atoms with Crippen molar-refractivity contribution in [3.05, 3.63) is 35.2 Å². The van der Waals surface area contributed by atoms with E-state index in [1.807, 2.05) is 0 Å². The summed E-state index contributed by atoms with van der Waals surface area (Å²) in [6, 6.07) is 5.12. The van der Waals surface area contributed by atoms with Crippen molar-refractivity contribution in [1.29, 1.82) is 0 Å². The number of benzene rings is 1. The standard InChI is InChI=1S/C18H20ClFN6/c19-12-6-3-5-11(15(12)20)16-17-18(26-25-16)24-14(9-22-17)23-13-7-2-1-4-10(13)8-21/h3,5-6,9-10,13H,1-2,4,7-8,21H2,(H2,23,24,25,26)/t10-,13+/m0/s1. The highest BCUT2D eigenvalue weighted by atomic mass is 35.5. The molecular formula is C18H20ClFN6. The molecule has 3 aromatic rings. The van der Waals surface area contributed by atoms with Crippen LogP contribution in [0.5, 0.6) is 0 Å². The molecule has 0 spiro atoms. The maximum absolute atomic E-state index is 14.3. The number of nitrogens with two attached hydrogens (primary N) is 1. The van der Waals surface area contributed by atoms with Gasteiger partial charge >= 0.3 is 0 Å². The number of rotatable bonds is 4. The summed E-state index contributed by atoms with van der Waals surface area (Å²) >= 11 is 5.88. The van der Waals surface area contributed by atoms with Gasteiger partial charge in [0.05, 0.1) is 16.9 Å². The summed E-state index contributed by atoms with van der Waals surface area (Å²) in [6.07, 6.45) is 6.26. The first-order chi connectivity index (χ1) is 12.7. The predicted octanol–water partition coefficient (Wildman–Crippen LogP) is 3.74. The average Bonchev–Trinajstić information content (AvgIpc) is 3.07. The molecule has 0 amide bonds. The van der Waals surface area contributed by atoms with Crippen LogP contribution < -0.4 is 11.1 Å². The molecule has 1 aromatic carbocycles. The van der Waals surface area contributed by atoms with E-state index in [1.54, 1.807) is 18.3 Å². The van der Waals surface area contributed by atoms with E-state index in [2.05, 4.69) is 25.5 Å². The van der Waals surface area contributed by atoms with Gasteiger partial charge in [-0.3, -0.25) is 5.10 Å². The Morgan fingerprint density at radius 2 is 2.15 bits per heavy atom. The van der Waals surface area contributed by atoms with Gasteiger partial charge in [-0.15, -0.1) is 0 Å². The number of anilines is 1. The second-order valence-electron chi connectivity index (χ2n) is 6.66. The molecule has 0 bridgehead atoms. The SMILES string of the molecule is NC[C@@H]1CCCC[C@H]1Nc1cnc2c(-c3cccc(Cl)c3F)[nH]nc2n1. The van der Waals surface area contributed by atoms with Gasteiger partial charge in [0, 0.05) is 11.6 Å². The molecule has 1 saturated carbocycles. The highest BCUT2D eigenvalue weighted by Crippen LogP contribution is 2.31. The van der Waals surface area contributed by atoms with Crippen molar-refractivity contribution in [1.82, 2.24) is 20.2 Å². The monoisotopic (exact) mass is 374 g/mol. The minimum Gasteiger partial charge on any atom is -0.366 e. The number of nitrogens with zero attached hydrogens (tertiary/aromatic N) is 3. The van der Waals surface area contributed by atoms with Crippen LogP contribution in [0.4, 0.5) is 10.2 Å². The Bertz CT molecular complexity index is 927. The molecule has 0 saturated heterocycles. The van der Waals surface area contributed by atoms with Crippen LogP contribution in [-0.2, 0) is 0 Å². The minimum atomic E-state index is -0.503. The Labute approximate surface area is 155 Å². The van der Waals surface area contributed by atoms with E-state index in [-0.39, 0.29) is 5.02 Å². The van der Waals surface area contributed by atoms with Crippen molar-refractivity contribution in [2.24, 2.45) is 11.7 Å². The zero-order valence-electron chi connectivity index (χ0n) is 14.2. The van der Waals surface area contributed by atoms with Crippen LogP contribution >= 0.6 is 11.6 Å². The lowest BCUT2D eigenvalue weighted by Crippen LogP contribution is -2.36. The molecule has 1 aliphatic rings. The van der Waals surface area contributed by atoms with Crippen LogP contribution in [-0.4, -0.2) is 32.8 Å². The van der Waals surface area contributed by atoms with Gasteiger partial charge in [0.2, 0.25) is 5.65 Å². The van der Waals surface area contributed by atoms with E-state index in [1.165, 1.54) is 18.9 Å². The molecule has 0 radical (unpaired) electrons. The van der Waals surface area contributed by atoms with Crippen LogP contribution in [0.2, 0.25) is 5.02 Å². The number of nitrogens with one attached hydrogen (secondary N) is 2. The lowest BCUT2D eigenvalue weighted by Gasteiger charge is -2.31. The quantitative estimate of drug-likeness (QED) is 0.646. The zero-order chi connectivity index (χ0) is 18.1. The van der Waals surface area contributed by atoms with Crippen LogP contribution in [0, 0.1) is 11.7 Å². The Kier molecular flexibility index (Phi) is 4.74. The second-order valence-corrected chi connectivity index (χ2v) is 7.07. The summed E-state index contributed by atoms with van der Waals surface area (Å²) in [6.45, 7) is 0.661. The van der Waals surface area contributed by atoms with Gasteiger partial charge in [-0.05, 0) is 37.4 Å². The van der Waals surface area contributed by atoms with Gasteiger partial charge in [0.1, 0.15) is 11.3 Å². The third-order valence-electron chi connectivity index (χ3n) is 5.03. The van der Waals surface area contributed by atoms with Crippen molar-refractivity contribution in [2.45, 2.75) is 31.7 Å². The number of aromatic nitrogens is 4.